The minimum atomic E-state index is -4.08. The number of aliphatic hydroxyl groups is 1. The number of hydrogen-bond acceptors (Lipinski definition) is 9. The molecule has 13 heteroatoms. The molecular formula is C32H38N6O6S. The highest BCUT2D eigenvalue weighted by molar-refractivity contribution is 7.89. The summed E-state index contributed by atoms with van der Waals surface area (Å²) in [5.41, 5.74) is 10.5. The number of amides is 1. The van der Waals surface area contributed by atoms with E-state index in [1.54, 1.807) is 6.33 Å². The number of carbonyl (C=O) groups excluding carboxylic acids is 1. The number of oxazole rings is 1. The van der Waals surface area contributed by atoms with Crippen LogP contribution in [0.1, 0.15) is 30.5 Å². The predicted octanol–water partition coefficient (Wildman–Crippen LogP) is 3.72. The number of ether oxygens (including phenoxy) is 1. The molecule has 12 nitrogen and oxygen atoms in total. The summed E-state index contributed by atoms with van der Waals surface area (Å²) >= 11 is 0. The van der Waals surface area contributed by atoms with Gasteiger partial charge in [-0.1, -0.05) is 44.2 Å². The van der Waals surface area contributed by atoms with Crippen molar-refractivity contribution in [3.8, 4) is 5.75 Å². The molecule has 45 heavy (non-hydrogen) atoms. The number of nitrogens with one attached hydrogen (secondary N) is 2. The molecule has 5 aromatic rings. The summed E-state index contributed by atoms with van der Waals surface area (Å²) in [6.45, 7) is 7.12. The van der Waals surface area contributed by atoms with E-state index in [1.807, 2.05) is 64.1 Å². The molecule has 0 aliphatic heterocycles. The van der Waals surface area contributed by atoms with Crippen molar-refractivity contribution in [1.82, 2.24) is 24.6 Å². The van der Waals surface area contributed by atoms with E-state index in [-0.39, 0.29) is 48.5 Å². The molecule has 2 heterocycles. The number of sulfonamides is 1. The van der Waals surface area contributed by atoms with E-state index in [4.69, 9.17) is 14.9 Å². The highest BCUT2D eigenvalue weighted by Crippen LogP contribution is 2.29. The monoisotopic (exact) mass is 634 g/mol. The topological polar surface area (TPSA) is 177 Å². The molecule has 0 spiro atoms. The average molecular weight is 635 g/mol. The zero-order chi connectivity index (χ0) is 32.3. The van der Waals surface area contributed by atoms with Crippen molar-refractivity contribution >= 4 is 44.1 Å². The maximum absolute atomic E-state index is 13.9. The van der Waals surface area contributed by atoms with Crippen molar-refractivity contribution in [2.24, 2.45) is 5.92 Å². The van der Waals surface area contributed by atoms with Gasteiger partial charge in [0.2, 0.25) is 10.0 Å². The molecule has 0 saturated heterocycles. The van der Waals surface area contributed by atoms with Crippen LogP contribution in [-0.4, -0.2) is 70.5 Å². The Morgan fingerprint density at radius 3 is 2.62 bits per heavy atom. The van der Waals surface area contributed by atoms with E-state index in [1.165, 1.54) is 22.5 Å². The van der Waals surface area contributed by atoms with Crippen molar-refractivity contribution < 1.29 is 27.5 Å². The van der Waals surface area contributed by atoms with Gasteiger partial charge in [0.05, 0.1) is 34.4 Å². The highest BCUT2D eigenvalue weighted by Gasteiger charge is 2.32. The van der Waals surface area contributed by atoms with Gasteiger partial charge in [0.15, 0.2) is 12.2 Å². The van der Waals surface area contributed by atoms with Gasteiger partial charge in [-0.25, -0.2) is 13.4 Å². The molecule has 0 aliphatic rings. The third-order valence-corrected chi connectivity index (χ3v) is 9.34. The van der Waals surface area contributed by atoms with Gasteiger partial charge in [-0.3, -0.25) is 4.79 Å². The number of nitrogens with two attached hydrogens (primary N) is 1. The van der Waals surface area contributed by atoms with Crippen LogP contribution in [0.25, 0.3) is 22.1 Å². The number of nitrogen functional groups attached to an aromatic ring is 1. The minimum absolute atomic E-state index is 0.0179. The fraction of sp³-hybridized carbons (Fsp3) is 0.344. The summed E-state index contributed by atoms with van der Waals surface area (Å²) in [5.74, 6) is 0.0534. The van der Waals surface area contributed by atoms with Gasteiger partial charge in [-0.15, -0.1) is 0 Å². The van der Waals surface area contributed by atoms with Gasteiger partial charge in [-0.2, -0.15) is 9.29 Å². The number of aromatic nitrogens is 3. The van der Waals surface area contributed by atoms with Crippen molar-refractivity contribution in [3.63, 3.8) is 0 Å². The Hall–Kier alpha value is -4.46. The number of aromatic amines is 1. The number of rotatable bonds is 13. The smallest absolute Gasteiger partial charge is 0.292 e. The van der Waals surface area contributed by atoms with Crippen LogP contribution in [0.3, 0.4) is 0 Å². The second-order valence-electron chi connectivity index (χ2n) is 11.6. The molecule has 5 rings (SSSR count). The van der Waals surface area contributed by atoms with E-state index in [9.17, 15) is 18.3 Å². The molecule has 0 aliphatic carbocycles. The Kier molecular flexibility index (Phi) is 9.42. The predicted molar refractivity (Wildman–Crippen MR) is 171 cm³/mol. The fourth-order valence-electron chi connectivity index (χ4n) is 5.40. The third-order valence-electron chi connectivity index (χ3n) is 7.51. The molecule has 0 unspecified atom stereocenters. The molecule has 238 valence electrons. The first-order chi connectivity index (χ1) is 21.4. The Labute approximate surface area is 261 Å². The van der Waals surface area contributed by atoms with Gasteiger partial charge in [0.25, 0.3) is 11.9 Å². The van der Waals surface area contributed by atoms with E-state index in [0.717, 1.165) is 27.7 Å². The summed E-state index contributed by atoms with van der Waals surface area (Å²) in [6.07, 6.45) is 0.620. The zero-order valence-corrected chi connectivity index (χ0v) is 26.5. The van der Waals surface area contributed by atoms with Gasteiger partial charge in [0.1, 0.15) is 11.3 Å². The van der Waals surface area contributed by atoms with Crippen LogP contribution in [0.4, 0.5) is 6.01 Å². The van der Waals surface area contributed by atoms with E-state index in [2.05, 4.69) is 20.3 Å². The first kappa shape index (κ1) is 31.9. The second kappa shape index (κ2) is 13.3. The number of benzene rings is 3. The van der Waals surface area contributed by atoms with Crippen molar-refractivity contribution in [2.45, 2.75) is 51.2 Å². The van der Waals surface area contributed by atoms with Crippen molar-refractivity contribution in [2.75, 3.05) is 25.4 Å². The minimum Gasteiger partial charge on any atom is -0.483 e. The summed E-state index contributed by atoms with van der Waals surface area (Å²) in [4.78, 5) is 24.7. The van der Waals surface area contributed by atoms with Crippen LogP contribution in [0, 0.1) is 19.8 Å². The third kappa shape index (κ3) is 7.27. The summed E-state index contributed by atoms with van der Waals surface area (Å²) in [5, 5.41) is 14.4. The van der Waals surface area contributed by atoms with Crippen molar-refractivity contribution in [1.29, 1.82) is 0 Å². The lowest BCUT2D eigenvalue weighted by Crippen LogP contribution is -2.52. The Balaban J connectivity index is 1.36. The van der Waals surface area contributed by atoms with Crippen LogP contribution in [0.2, 0.25) is 0 Å². The van der Waals surface area contributed by atoms with Crippen LogP contribution < -0.4 is 15.8 Å². The Morgan fingerprint density at radius 1 is 1.13 bits per heavy atom. The zero-order valence-electron chi connectivity index (χ0n) is 25.6. The average Bonchev–Trinajstić information content (AvgIpc) is 3.61. The van der Waals surface area contributed by atoms with Crippen molar-refractivity contribution in [3.05, 3.63) is 77.6 Å². The standard InChI is InChI=1S/C32H38N6O6S/c1-19(2)15-38(45(41,42)23-10-11-24-28(14-23)44-32(33)37-24)16-27(39)25(13-22-8-6-5-7-9-22)36-29(40)17-43-31-20(3)12-26-30(21(31)4)35-18-34-26/h5-12,14,18-19,25,27,39H,13,15-17H2,1-4H3,(H2,33,37)(H,34,35)(H,36,40)/t25-,27+/m0/s1. The molecule has 5 N–H and O–H groups in total. The molecule has 0 bridgehead atoms. The number of anilines is 1. The Bertz CT molecular complexity index is 1900. The summed E-state index contributed by atoms with van der Waals surface area (Å²) in [7, 11) is -4.08. The largest absolute Gasteiger partial charge is 0.483 e. The van der Waals surface area contributed by atoms with Crippen LogP contribution in [0.5, 0.6) is 5.75 Å². The van der Waals surface area contributed by atoms with Crippen LogP contribution in [-0.2, 0) is 21.2 Å². The van der Waals surface area contributed by atoms with E-state index < -0.39 is 28.1 Å². The molecule has 0 fully saturated rings. The normalized spacial score (nSPS) is 13.5. The number of imidazole rings is 1. The quantitative estimate of drug-likeness (QED) is 0.150. The number of carbonyl (C=O) groups is 1. The van der Waals surface area contributed by atoms with Crippen LogP contribution >= 0.6 is 0 Å². The second-order valence-corrected chi connectivity index (χ2v) is 13.5. The lowest BCUT2D eigenvalue weighted by Gasteiger charge is -2.30. The first-order valence-electron chi connectivity index (χ1n) is 14.7. The van der Waals surface area contributed by atoms with Gasteiger partial charge >= 0.3 is 0 Å². The first-order valence-corrected chi connectivity index (χ1v) is 16.1. The molecule has 0 saturated carbocycles. The summed E-state index contributed by atoms with van der Waals surface area (Å²) in [6, 6.07) is 14.7. The van der Waals surface area contributed by atoms with E-state index >= 15 is 0 Å². The molecule has 1 amide bonds. The number of hydrogen-bond donors (Lipinski definition) is 4. The molecule has 2 atom stereocenters. The number of aryl methyl sites for hydroxylation is 2. The number of H-pyrrole nitrogens is 1. The number of fused-ring (bicyclic) bond motifs is 2. The highest BCUT2D eigenvalue weighted by atomic mass is 32.2. The lowest BCUT2D eigenvalue weighted by atomic mass is 10.0. The number of aliphatic hydroxyl groups excluding tert-OH is 1. The van der Waals surface area contributed by atoms with Gasteiger partial charge in [-0.05, 0) is 55.5 Å². The fourth-order valence-corrected chi connectivity index (χ4v) is 7.04. The molecule has 0 radical (unpaired) electrons. The Morgan fingerprint density at radius 2 is 1.89 bits per heavy atom. The van der Waals surface area contributed by atoms with Gasteiger partial charge in [0, 0.05) is 24.7 Å². The van der Waals surface area contributed by atoms with Crippen LogP contribution in [0.15, 0.2) is 70.2 Å². The SMILES string of the molecule is Cc1cc2[nH]cnc2c(C)c1OCC(=O)N[C@@H](Cc1ccccc1)[C@H](O)CN(CC(C)C)S(=O)(=O)c1ccc2nc(N)oc2c1. The lowest BCUT2D eigenvalue weighted by molar-refractivity contribution is -0.124. The maximum atomic E-state index is 13.9. The van der Waals surface area contributed by atoms with Gasteiger partial charge < -0.3 is 30.3 Å². The summed E-state index contributed by atoms with van der Waals surface area (Å²) < 4.78 is 40.2. The number of nitrogens with zero attached hydrogens (tertiary/aromatic N) is 3. The molecule has 2 aromatic heterocycles. The van der Waals surface area contributed by atoms with E-state index in [0.29, 0.717) is 11.3 Å². The molecule has 3 aromatic carbocycles. The molecular weight excluding hydrogens is 596 g/mol. The maximum Gasteiger partial charge on any atom is 0.292 e.